The minimum absolute atomic E-state index is 0.00213. The normalized spacial score (nSPS) is 26.3. The second-order valence-corrected chi connectivity index (χ2v) is 44.4. The molecule has 55 nitrogen and oxygen atoms in total. The van der Waals surface area contributed by atoms with Crippen LogP contribution in [0.5, 0.6) is 0 Å². The predicted molar refractivity (Wildman–Crippen MR) is 507 cm³/mol. The first-order valence-electron chi connectivity index (χ1n) is 49.6. The number of rotatable bonds is 73. The fourth-order valence-corrected chi connectivity index (χ4v) is 20.8. The number of likely N-dealkylation sites (tertiary alicyclic amines) is 3. The Balaban J connectivity index is 0.940. The molecule has 0 aromatic heterocycles. The number of phosphoric ester groups is 5. The third-order valence-electron chi connectivity index (χ3n) is 25.6. The van der Waals surface area contributed by atoms with E-state index in [-0.39, 0.29) is 198 Å². The van der Waals surface area contributed by atoms with Crippen LogP contribution in [-0.2, 0) is 144 Å². The van der Waals surface area contributed by atoms with Crippen molar-refractivity contribution in [3.05, 3.63) is 0 Å². The molecule has 0 aromatic rings. The smallest absolute Gasteiger partial charge is 0.396 e. The SMILES string of the molecule is CCOCCOP(=O)(O)OCC1(COP(=O)(O)OCCOP(=O)(O)OCC2(COP(=O)(O)OCCOP(=O)(O)OCC3(CO)CCN(C(=O)CCCCCNC(=O)CCCCO[C@@H]4O[C@H](CO)[C@H](O)[C@H](O)[C@H]4NC(C)=O)CC3)CCN(C(=O)CCCCCNC(=O)CCCCO[C@@H]3O[C@H](CO)[C@H](O)[C@H](O)[C@H]3NC(C)=O)CC2)CCN(C(=O)CCCCCNC(=O)CCCCO[C@@H]2O[C@H](CO)[C@H](O)[C@H](O)[C@H]2NC(C)=O)CC1. The summed E-state index contributed by atoms with van der Waals surface area (Å²) in [5, 5.41) is 117. The lowest BCUT2D eigenvalue weighted by Crippen LogP contribution is -2.64. The van der Waals surface area contributed by atoms with Gasteiger partial charge in [0.1, 0.15) is 73.1 Å². The molecule has 6 heterocycles. The highest BCUT2D eigenvalue weighted by Gasteiger charge is 2.51. The molecule has 9 amide bonds. The number of carbonyl (C=O) groups is 9. The molecule has 6 fully saturated rings. The number of nitrogens with one attached hydrogen (secondary N) is 6. The number of amides is 9. The van der Waals surface area contributed by atoms with Gasteiger partial charge in [0.05, 0.1) is 99.1 Å². The van der Waals surface area contributed by atoms with Crippen LogP contribution >= 0.6 is 39.1 Å². The minimum atomic E-state index is -5.21. The van der Waals surface area contributed by atoms with Crippen LogP contribution in [0, 0.1) is 16.2 Å². The maximum absolute atomic E-state index is 13.7. The number of ether oxygens (including phenoxy) is 7. The summed E-state index contributed by atoms with van der Waals surface area (Å²) in [5.41, 5.74) is -3.88. The summed E-state index contributed by atoms with van der Waals surface area (Å²) in [4.78, 5) is 172. The Hall–Kier alpha value is -4.90. The second-order valence-electron chi connectivity index (χ2n) is 37.1. The molecule has 5 unspecified atom stereocenters. The number of hydrogen-bond acceptors (Lipinski definition) is 41. The van der Waals surface area contributed by atoms with E-state index in [1.165, 1.54) is 30.6 Å². The molecule has 0 aromatic carbocycles. The molecule has 6 rings (SSSR count). The maximum Gasteiger partial charge on any atom is 0.472 e. The van der Waals surface area contributed by atoms with Crippen LogP contribution in [-0.4, -0.2) is 420 Å². The fourth-order valence-electron chi connectivity index (χ4n) is 16.7. The zero-order valence-corrected chi connectivity index (χ0v) is 88.0. The van der Waals surface area contributed by atoms with E-state index < -0.39 is 251 Å². The number of piperidine rings is 3. The summed E-state index contributed by atoms with van der Waals surface area (Å²) in [5.74, 6) is -2.94. The van der Waals surface area contributed by atoms with Crippen molar-refractivity contribution in [2.75, 3.05) is 184 Å². The summed E-state index contributed by atoms with van der Waals surface area (Å²) in [6.07, 6.45) is -7.91. The molecular formula is C86H158N9O46P5. The van der Waals surface area contributed by atoms with Crippen LogP contribution < -0.4 is 31.9 Å². The topological polar surface area (TPSA) is 781 Å². The lowest BCUT2D eigenvalue weighted by Gasteiger charge is -2.42. The number of aliphatic hydroxyl groups excluding tert-OH is 10. The minimum Gasteiger partial charge on any atom is -0.396 e. The van der Waals surface area contributed by atoms with Crippen LogP contribution in [0.3, 0.4) is 0 Å². The van der Waals surface area contributed by atoms with Crippen molar-refractivity contribution in [1.29, 1.82) is 0 Å². The van der Waals surface area contributed by atoms with Crippen LogP contribution in [0.25, 0.3) is 0 Å². The van der Waals surface area contributed by atoms with Gasteiger partial charge in [-0.05, 0) is 122 Å². The highest BCUT2D eigenvalue weighted by molar-refractivity contribution is 7.48. The molecule has 60 heteroatoms. The molecule has 0 saturated carbocycles. The second kappa shape index (κ2) is 66.4. The van der Waals surface area contributed by atoms with Gasteiger partial charge in [-0.3, -0.25) is 88.4 Å². The van der Waals surface area contributed by atoms with Crippen LogP contribution in [0.4, 0.5) is 0 Å². The van der Waals surface area contributed by atoms with E-state index in [1.807, 2.05) is 0 Å². The molecule has 6 aliphatic rings. The Kier molecular flexibility index (Phi) is 59.0. The monoisotopic (exact) mass is 2210 g/mol. The molecular weight excluding hydrogens is 2050 g/mol. The van der Waals surface area contributed by atoms with E-state index >= 15 is 0 Å². The number of hydrogen-bond donors (Lipinski definition) is 21. The zero-order chi connectivity index (χ0) is 108. The first kappa shape index (κ1) is 130. The molecule has 848 valence electrons. The van der Waals surface area contributed by atoms with Crippen molar-refractivity contribution in [1.82, 2.24) is 46.6 Å². The average Bonchev–Trinajstić information content (AvgIpc) is 0.802. The van der Waals surface area contributed by atoms with E-state index in [0.717, 1.165) is 0 Å². The lowest BCUT2D eigenvalue weighted by molar-refractivity contribution is -0.270. The zero-order valence-electron chi connectivity index (χ0n) is 83.5. The molecule has 0 aliphatic carbocycles. The Morgan fingerprint density at radius 3 is 0.795 bits per heavy atom. The summed E-state index contributed by atoms with van der Waals surface area (Å²) < 4.78 is 158. The van der Waals surface area contributed by atoms with Crippen molar-refractivity contribution >= 4 is 92.3 Å². The van der Waals surface area contributed by atoms with E-state index in [4.69, 9.17) is 78.4 Å². The summed E-state index contributed by atoms with van der Waals surface area (Å²) in [6, 6.07) is -3.33. The highest BCUT2D eigenvalue weighted by atomic mass is 31.2. The van der Waals surface area contributed by atoms with Gasteiger partial charge in [-0.25, -0.2) is 22.8 Å². The third-order valence-corrected chi connectivity index (χ3v) is 30.4. The number of unbranched alkanes of at least 4 members (excludes halogenated alkanes) is 9. The Labute approximate surface area is 848 Å². The van der Waals surface area contributed by atoms with Gasteiger partial charge in [0.2, 0.25) is 53.2 Å². The standard InChI is InChI=1S/C86H158N9O46P5/c1-5-125-45-46-129-142(115,116)135-56-85(29-38-94(39-30-85)70(107)25-10-7-16-34-88-67(104)22-13-19-43-127-82-73(91-61(3)101)79(113)76(110)64(52-97)140-82)57-136-145(121,122)132-49-50-133-146(123,124)138-59-86(31-40-95(41-32-86)71(108)26-11-8-17-35-89-68(105)23-14-20-44-128-83-74(92-62(4)102)80(114)77(111)65(53-98)141-83)58-137-144(119,120)131-48-47-130-143(117,118)134-55-84(54-99)27-36-93(37-28-84)69(106)24-9-6-15-33-87-66(103)21-12-18-42-126-81-72(90-60(2)100)78(112)75(109)63(51-96)139-81/h63-65,72-83,96-99,109-114H,5-59H2,1-4H3,(H,87,103)(H,88,104)(H,89,105)(H,90,100)(H,91,101)(H,92,102)(H,115,116)(H,117,118)(H,119,120)(H,121,122)(H,123,124)/t63-,64-,65-,72-,73-,74-,75+,76+,77+,78-,79-,80-,81-,82-,83-/m1/s1. The first-order chi connectivity index (χ1) is 69.2. The molecule has 21 N–H and O–H groups in total. The molecule has 0 radical (unpaired) electrons. The Bertz CT molecular complexity index is 4170. The van der Waals surface area contributed by atoms with Crippen molar-refractivity contribution in [2.45, 2.75) is 293 Å². The van der Waals surface area contributed by atoms with Crippen LogP contribution in [0.2, 0.25) is 0 Å². The van der Waals surface area contributed by atoms with Gasteiger partial charge in [0.25, 0.3) is 0 Å². The van der Waals surface area contributed by atoms with Crippen molar-refractivity contribution in [3.63, 3.8) is 0 Å². The van der Waals surface area contributed by atoms with Gasteiger partial charge in [-0.1, -0.05) is 19.3 Å². The van der Waals surface area contributed by atoms with Gasteiger partial charge in [0.15, 0.2) is 18.9 Å². The summed E-state index contributed by atoms with van der Waals surface area (Å²) >= 11 is 0. The van der Waals surface area contributed by atoms with Gasteiger partial charge in [0, 0.05) is 161 Å². The number of phosphoric acid groups is 5. The van der Waals surface area contributed by atoms with E-state index in [2.05, 4.69) is 31.9 Å². The third kappa shape index (κ3) is 48.0. The highest BCUT2D eigenvalue weighted by Crippen LogP contribution is 2.54. The molecule has 0 spiro atoms. The summed E-state index contributed by atoms with van der Waals surface area (Å²) in [6.45, 7) is -2.40. The number of carbonyl (C=O) groups excluding carboxylic acids is 9. The van der Waals surface area contributed by atoms with Gasteiger partial charge < -0.3 is 155 Å². The Morgan fingerprint density at radius 1 is 0.315 bits per heavy atom. The molecule has 146 heavy (non-hydrogen) atoms. The number of aliphatic hydroxyl groups is 10. The molecule has 6 aliphatic heterocycles. The summed E-state index contributed by atoms with van der Waals surface area (Å²) in [7, 11) is -25.3. The molecule has 0 bridgehead atoms. The van der Waals surface area contributed by atoms with E-state index in [1.54, 1.807) is 11.8 Å². The Morgan fingerprint density at radius 2 is 0.555 bits per heavy atom. The van der Waals surface area contributed by atoms with Gasteiger partial charge in [-0.2, -0.15) is 0 Å². The van der Waals surface area contributed by atoms with E-state index in [9.17, 15) is 142 Å². The fraction of sp³-hybridized carbons (Fsp3) is 0.895. The first-order valence-corrected chi connectivity index (χ1v) is 57.1. The van der Waals surface area contributed by atoms with Crippen LogP contribution in [0.15, 0.2) is 0 Å². The van der Waals surface area contributed by atoms with Gasteiger partial charge >= 0.3 is 39.1 Å². The van der Waals surface area contributed by atoms with E-state index in [0.29, 0.717) is 109 Å². The molecule has 6 saturated heterocycles. The average molecular weight is 2210 g/mol. The molecule has 20 atom stereocenters. The largest absolute Gasteiger partial charge is 0.472 e. The van der Waals surface area contributed by atoms with Crippen LogP contribution in [0.1, 0.15) is 201 Å². The maximum atomic E-state index is 13.7. The van der Waals surface area contributed by atoms with Crippen molar-refractivity contribution in [3.8, 4) is 0 Å². The predicted octanol–water partition coefficient (Wildman–Crippen LogP) is -1.07. The van der Waals surface area contributed by atoms with Crippen molar-refractivity contribution < 1.29 is 220 Å². The quantitative estimate of drug-likeness (QED) is 0.0255. The van der Waals surface area contributed by atoms with Crippen molar-refractivity contribution in [2.24, 2.45) is 16.2 Å². The lowest BCUT2D eigenvalue weighted by atomic mass is 9.80. The number of nitrogens with zero attached hydrogens (tertiary/aromatic N) is 3. The van der Waals surface area contributed by atoms with Gasteiger partial charge in [-0.15, -0.1) is 0 Å².